The summed E-state index contributed by atoms with van der Waals surface area (Å²) in [6.45, 7) is 2.29. The highest BCUT2D eigenvalue weighted by Crippen LogP contribution is 2.15. The Morgan fingerprint density at radius 1 is 1.12 bits per heavy atom. The molecule has 0 aliphatic heterocycles. The van der Waals surface area contributed by atoms with Crippen molar-refractivity contribution >= 4 is 27.3 Å². The number of hydrogen-bond acceptors (Lipinski definition) is 3. The number of hydrogen-bond donors (Lipinski definition) is 0. The molecule has 2 rings (SSSR count). The van der Waals surface area contributed by atoms with Crippen molar-refractivity contribution in [3.05, 3.63) is 64.7 Å². The number of carbonyl (C=O) groups is 1. The molecule has 24 heavy (non-hydrogen) atoms. The molecule has 128 valence electrons. The molecule has 0 bridgehead atoms. The number of carbonyl (C=O) groups excluding carboxylic acids is 1. The maximum atomic E-state index is 12.3. The van der Waals surface area contributed by atoms with Gasteiger partial charge in [-0.25, -0.2) is 8.42 Å². The topological polar surface area (TPSA) is 54.5 Å². The van der Waals surface area contributed by atoms with Crippen molar-refractivity contribution in [1.29, 1.82) is 0 Å². The zero-order valence-corrected chi connectivity index (χ0v) is 15.3. The van der Waals surface area contributed by atoms with E-state index in [1.807, 2.05) is 19.1 Å². The third-order valence-corrected chi connectivity index (χ3v) is 5.67. The molecule has 0 N–H and O–H groups in total. The first kappa shape index (κ1) is 18.5. The summed E-state index contributed by atoms with van der Waals surface area (Å²) >= 11 is 5.93. The molecule has 6 heteroatoms. The molecular formula is C18H20ClNO3S. The maximum Gasteiger partial charge on any atom is 0.223 e. The highest BCUT2D eigenvalue weighted by Gasteiger charge is 2.18. The van der Waals surface area contributed by atoms with Gasteiger partial charge in [0.2, 0.25) is 5.91 Å². The van der Waals surface area contributed by atoms with Crippen molar-refractivity contribution < 1.29 is 13.2 Å². The summed E-state index contributed by atoms with van der Waals surface area (Å²) in [5.74, 6) is -0.417. The number of amides is 1. The number of aryl methyl sites for hydroxylation is 1. The Labute approximate surface area is 148 Å². The summed E-state index contributed by atoms with van der Waals surface area (Å²) in [7, 11) is -1.80. The molecule has 0 unspecified atom stereocenters. The largest absolute Gasteiger partial charge is 0.341 e. The minimum Gasteiger partial charge on any atom is -0.341 e. The second kappa shape index (κ2) is 7.81. The van der Waals surface area contributed by atoms with Crippen LogP contribution in [0.3, 0.4) is 0 Å². The second-order valence-corrected chi connectivity index (χ2v) is 8.31. The molecule has 0 radical (unpaired) electrons. The summed E-state index contributed by atoms with van der Waals surface area (Å²) in [5.41, 5.74) is 1.89. The monoisotopic (exact) mass is 365 g/mol. The van der Waals surface area contributed by atoms with E-state index in [1.165, 1.54) is 4.90 Å². The van der Waals surface area contributed by atoms with E-state index in [9.17, 15) is 13.2 Å². The van der Waals surface area contributed by atoms with Crippen molar-refractivity contribution in [2.45, 2.75) is 24.8 Å². The third-order valence-electron chi connectivity index (χ3n) is 3.70. The molecule has 2 aromatic rings. The lowest BCUT2D eigenvalue weighted by molar-refractivity contribution is -0.130. The predicted molar refractivity (Wildman–Crippen MR) is 95.8 cm³/mol. The van der Waals surface area contributed by atoms with Crippen LogP contribution in [0.5, 0.6) is 0 Å². The van der Waals surface area contributed by atoms with Gasteiger partial charge in [0.25, 0.3) is 0 Å². The van der Waals surface area contributed by atoms with Crippen LogP contribution in [0.25, 0.3) is 0 Å². The minimum atomic E-state index is -3.45. The van der Waals surface area contributed by atoms with Gasteiger partial charge in [0.05, 0.1) is 10.6 Å². The second-order valence-electron chi connectivity index (χ2n) is 5.76. The van der Waals surface area contributed by atoms with Crippen LogP contribution in [0.2, 0.25) is 5.02 Å². The number of benzene rings is 2. The lowest BCUT2D eigenvalue weighted by atomic mass is 10.2. The predicted octanol–water partition coefficient (Wildman–Crippen LogP) is 3.47. The molecule has 0 aliphatic rings. The molecule has 0 fully saturated rings. The quantitative estimate of drug-likeness (QED) is 0.787. The Morgan fingerprint density at radius 3 is 2.42 bits per heavy atom. The molecule has 0 saturated carbocycles. The third kappa shape index (κ3) is 5.08. The van der Waals surface area contributed by atoms with Crippen LogP contribution in [0.1, 0.15) is 17.5 Å². The van der Waals surface area contributed by atoms with E-state index in [4.69, 9.17) is 11.6 Å². The minimum absolute atomic E-state index is 0.0483. The van der Waals surface area contributed by atoms with Crippen LogP contribution < -0.4 is 0 Å². The first-order valence-electron chi connectivity index (χ1n) is 7.56. The van der Waals surface area contributed by atoms with Crippen molar-refractivity contribution in [1.82, 2.24) is 4.90 Å². The van der Waals surface area contributed by atoms with Gasteiger partial charge in [-0.2, -0.15) is 0 Å². The van der Waals surface area contributed by atoms with Crippen molar-refractivity contribution in [2.75, 3.05) is 12.8 Å². The average Bonchev–Trinajstić information content (AvgIpc) is 2.53. The fraction of sp³-hybridized carbons (Fsp3) is 0.278. The molecule has 0 heterocycles. The van der Waals surface area contributed by atoms with Gasteiger partial charge in [-0.1, -0.05) is 41.4 Å². The van der Waals surface area contributed by atoms with Crippen LogP contribution in [-0.4, -0.2) is 32.0 Å². The van der Waals surface area contributed by atoms with Gasteiger partial charge in [-0.05, 0) is 36.8 Å². The van der Waals surface area contributed by atoms with E-state index >= 15 is 0 Å². The Balaban J connectivity index is 1.95. The van der Waals surface area contributed by atoms with E-state index in [0.717, 1.165) is 11.1 Å². The maximum absolute atomic E-state index is 12.3. The molecule has 4 nitrogen and oxygen atoms in total. The van der Waals surface area contributed by atoms with Crippen LogP contribution in [0, 0.1) is 6.92 Å². The summed E-state index contributed by atoms with van der Waals surface area (Å²) in [6, 6.07) is 13.9. The van der Waals surface area contributed by atoms with Gasteiger partial charge in [-0.3, -0.25) is 4.79 Å². The first-order chi connectivity index (χ1) is 11.3. The molecular weight excluding hydrogens is 346 g/mol. The van der Waals surface area contributed by atoms with Gasteiger partial charge < -0.3 is 4.90 Å². The molecule has 0 aliphatic carbocycles. The van der Waals surface area contributed by atoms with Crippen LogP contribution in [0.4, 0.5) is 0 Å². The molecule has 0 atom stereocenters. The Morgan fingerprint density at radius 2 is 1.79 bits per heavy atom. The molecule has 1 amide bonds. The summed E-state index contributed by atoms with van der Waals surface area (Å²) in [5, 5.41) is 0.607. The number of halogens is 1. The number of nitrogens with zero attached hydrogens (tertiary/aromatic N) is 1. The smallest absolute Gasteiger partial charge is 0.223 e. The summed E-state index contributed by atoms with van der Waals surface area (Å²) < 4.78 is 24.6. The van der Waals surface area contributed by atoms with Gasteiger partial charge >= 0.3 is 0 Å². The first-order valence-corrected chi connectivity index (χ1v) is 9.59. The highest BCUT2D eigenvalue weighted by atomic mass is 35.5. The van der Waals surface area contributed by atoms with Gasteiger partial charge in [0.15, 0.2) is 9.84 Å². The zero-order chi connectivity index (χ0) is 17.7. The van der Waals surface area contributed by atoms with Gasteiger partial charge in [0, 0.05) is 25.0 Å². The SMILES string of the molecule is Cc1ccc(S(=O)(=O)CCC(=O)N(C)Cc2cccc(Cl)c2)cc1. The van der Waals surface area contributed by atoms with Crippen molar-refractivity contribution in [2.24, 2.45) is 0 Å². The van der Waals surface area contributed by atoms with E-state index in [0.29, 0.717) is 11.6 Å². The lowest BCUT2D eigenvalue weighted by Crippen LogP contribution is -2.28. The number of sulfone groups is 1. The van der Waals surface area contributed by atoms with E-state index in [-0.39, 0.29) is 23.0 Å². The summed E-state index contributed by atoms with van der Waals surface area (Å²) in [6.07, 6.45) is -0.0483. The Hall–Kier alpha value is -1.85. The van der Waals surface area contributed by atoms with Crippen molar-refractivity contribution in [3.63, 3.8) is 0 Å². The molecule has 0 spiro atoms. The van der Waals surface area contributed by atoms with Crippen molar-refractivity contribution in [3.8, 4) is 0 Å². The van der Waals surface area contributed by atoms with E-state index in [2.05, 4.69) is 0 Å². The lowest BCUT2D eigenvalue weighted by Gasteiger charge is -2.17. The Kier molecular flexibility index (Phi) is 6.02. The zero-order valence-electron chi connectivity index (χ0n) is 13.7. The van der Waals surface area contributed by atoms with E-state index in [1.54, 1.807) is 43.4 Å². The van der Waals surface area contributed by atoms with Crippen LogP contribution >= 0.6 is 11.6 Å². The van der Waals surface area contributed by atoms with Crippen LogP contribution in [-0.2, 0) is 21.2 Å². The average molecular weight is 366 g/mol. The molecule has 0 aromatic heterocycles. The standard InChI is InChI=1S/C18H20ClNO3S/c1-14-6-8-17(9-7-14)24(22,23)11-10-18(21)20(2)13-15-4-3-5-16(19)12-15/h3-9,12H,10-11,13H2,1-2H3. The number of rotatable bonds is 6. The normalized spacial score (nSPS) is 11.3. The fourth-order valence-electron chi connectivity index (χ4n) is 2.27. The Bertz CT molecular complexity index is 816. The highest BCUT2D eigenvalue weighted by molar-refractivity contribution is 7.91. The van der Waals surface area contributed by atoms with Gasteiger partial charge in [-0.15, -0.1) is 0 Å². The van der Waals surface area contributed by atoms with E-state index < -0.39 is 9.84 Å². The molecule has 0 saturated heterocycles. The molecule has 2 aromatic carbocycles. The van der Waals surface area contributed by atoms with Crippen LogP contribution in [0.15, 0.2) is 53.4 Å². The summed E-state index contributed by atoms with van der Waals surface area (Å²) in [4.78, 5) is 14.0. The fourth-order valence-corrected chi connectivity index (χ4v) is 3.72. The van der Waals surface area contributed by atoms with Gasteiger partial charge in [0.1, 0.15) is 0 Å².